The fraction of sp³-hybridized carbons (Fsp3) is 0.318. The number of hydrogen-bond acceptors (Lipinski definition) is 4. The zero-order chi connectivity index (χ0) is 21.2. The lowest BCUT2D eigenvalue weighted by Crippen LogP contribution is -2.38. The monoisotopic (exact) mass is 460 g/mol. The molecule has 1 unspecified atom stereocenters. The van der Waals surface area contributed by atoms with Crippen LogP contribution in [0.2, 0.25) is 0 Å². The maximum Gasteiger partial charge on any atom is 0.310 e. The molecule has 0 fully saturated rings. The molecular formula is C22H25BrN2O4. The molecule has 1 atom stereocenters. The Balaban J connectivity index is 1.95. The summed E-state index contributed by atoms with van der Waals surface area (Å²) in [6.07, 6.45) is 0.142. The van der Waals surface area contributed by atoms with Crippen molar-refractivity contribution in [3.8, 4) is 0 Å². The van der Waals surface area contributed by atoms with Crippen molar-refractivity contribution in [1.29, 1.82) is 0 Å². The summed E-state index contributed by atoms with van der Waals surface area (Å²) in [6.45, 7) is 2.58. The minimum atomic E-state index is -0.440. The van der Waals surface area contributed by atoms with E-state index >= 15 is 0 Å². The topological polar surface area (TPSA) is 75.7 Å². The Bertz CT molecular complexity index is 824. The number of nitrogens with one attached hydrogen (secondary N) is 1. The van der Waals surface area contributed by atoms with Crippen LogP contribution in [0.15, 0.2) is 59.1 Å². The lowest BCUT2D eigenvalue weighted by Gasteiger charge is -2.25. The highest BCUT2D eigenvalue weighted by Crippen LogP contribution is 2.12. The molecule has 0 saturated heterocycles. The van der Waals surface area contributed by atoms with Crippen molar-refractivity contribution in [2.45, 2.75) is 19.9 Å². The van der Waals surface area contributed by atoms with Gasteiger partial charge in [-0.1, -0.05) is 53.2 Å². The molecule has 154 valence electrons. The summed E-state index contributed by atoms with van der Waals surface area (Å²) in [4.78, 5) is 38.4. The van der Waals surface area contributed by atoms with Gasteiger partial charge in [0.2, 0.25) is 5.91 Å². The molecule has 29 heavy (non-hydrogen) atoms. The Labute approximate surface area is 179 Å². The summed E-state index contributed by atoms with van der Waals surface area (Å²) < 4.78 is 5.66. The van der Waals surface area contributed by atoms with Crippen molar-refractivity contribution in [2.24, 2.45) is 5.92 Å². The van der Waals surface area contributed by atoms with Gasteiger partial charge in [-0.3, -0.25) is 14.4 Å². The average Bonchev–Trinajstić information content (AvgIpc) is 2.73. The molecule has 7 heteroatoms. The van der Waals surface area contributed by atoms with Crippen molar-refractivity contribution < 1.29 is 19.1 Å². The van der Waals surface area contributed by atoms with Gasteiger partial charge in [0.15, 0.2) is 0 Å². The molecule has 2 amide bonds. The van der Waals surface area contributed by atoms with Crippen molar-refractivity contribution in [2.75, 3.05) is 20.2 Å². The highest BCUT2D eigenvalue weighted by atomic mass is 79.9. The zero-order valence-electron chi connectivity index (χ0n) is 16.6. The molecule has 1 N–H and O–H groups in total. The van der Waals surface area contributed by atoms with Crippen molar-refractivity contribution >= 4 is 33.7 Å². The fourth-order valence-corrected chi connectivity index (χ4v) is 3.07. The molecule has 0 aliphatic carbocycles. The molecule has 6 nitrogen and oxygen atoms in total. The summed E-state index contributed by atoms with van der Waals surface area (Å²) >= 11 is 3.33. The minimum Gasteiger partial charge on any atom is -0.469 e. The van der Waals surface area contributed by atoms with Gasteiger partial charge in [0.1, 0.15) is 0 Å². The van der Waals surface area contributed by atoms with E-state index in [1.807, 2.05) is 30.3 Å². The van der Waals surface area contributed by atoms with E-state index in [0.717, 1.165) is 10.0 Å². The van der Waals surface area contributed by atoms with Crippen LogP contribution in [0.25, 0.3) is 0 Å². The Kier molecular flexibility index (Phi) is 8.86. The maximum absolute atomic E-state index is 12.8. The van der Waals surface area contributed by atoms with Crippen molar-refractivity contribution in [3.05, 3.63) is 70.2 Å². The van der Waals surface area contributed by atoms with Crippen LogP contribution < -0.4 is 5.32 Å². The standard InChI is InChI=1S/C22H25BrN2O4/c1-16(22(28)29-2)14-25(15-17-6-4-3-5-7-17)20(26)12-13-24-21(27)18-8-10-19(23)11-9-18/h3-11,16H,12-15H2,1-2H3,(H,24,27). The Morgan fingerprint density at radius 3 is 2.34 bits per heavy atom. The van der Waals surface area contributed by atoms with Crippen LogP contribution in [-0.4, -0.2) is 42.9 Å². The minimum absolute atomic E-state index is 0.138. The largest absolute Gasteiger partial charge is 0.469 e. The Morgan fingerprint density at radius 2 is 1.72 bits per heavy atom. The zero-order valence-corrected chi connectivity index (χ0v) is 18.1. The SMILES string of the molecule is COC(=O)C(C)CN(Cc1ccccc1)C(=O)CCNC(=O)c1ccc(Br)cc1. The third-order valence-electron chi connectivity index (χ3n) is 4.40. The molecule has 2 rings (SSSR count). The molecule has 0 heterocycles. The number of carbonyl (C=O) groups excluding carboxylic acids is 3. The van der Waals surface area contributed by atoms with Crippen LogP contribution >= 0.6 is 15.9 Å². The highest BCUT2D eigenvalue weighted by Gasteiger charge is 2.21. The van der Waals surface area contributed by atoms with E-state index in [0.29, 0.717) is 12.1 Å². The van der Waals surface area contributed by atoms with Crippen LogP contribution in [0.3, 0.4) is 0 Å². The smallest absolute Gasteiger partial charge is 0.310 e. The van der Waals surface area contributed by atoms with Gasteiger partial charge in [-0.15, -0.1) is 0 Å². The number of esters is 1. The second-order valence-corrected chi connectivity index (χ2v) is 7.61. The summed E-state index contributed by atoms with van der Waals surface area (Å²) in [5.74, 6) is -1.17. The summed E-state index contributed by atoms with van der Waals surface area (Å²) in [5, 5.41) is 2.76. The van der Waals surface area contributed by atoms with Crippen molar-refractivity contribution in [3.63, 3.8) is 0 Å². The fourth-order valence-electron chi connectivity index (χ4n) is 2.81. The van der Waals surface area contributed by atoms with Gasteiger partial charge in [-0.2, -0.15) is 0 Å². The molecule has 0 aliphatic rings. The predicted octanol–water partition coefficient (Wildman–Crippen LogP) is 3.41. The average molecular weight is 461 g/mol. The molecule has 0 bridgehead atoms. The third-order valence-corrected chi connectivity index (χ3v) is 4.93. The number of carbonyl (C=O) groups is 3. The molecule has 0 spiro atoms. The molecule has 0 saturated carbocycles. The number of amides is 2. The van der Waals surface area contributed by atoms with Crippen molar-refractivity contribution in [1.82, 2.24) is 10.2 Å². The van der Waals surface area contributed by atoms with Gasteiger partial charge >= 0.3 is 5.97 Å². The first-order chi connectivity index (χ1) is 13.9. The summed E-state index contributed by atoms with van der Waals surface area (Å²) in [5.41, 5.74) is 1.50. The third kappa shape index (κ3) is 7.34. The molecule has 0 aliphatic heterocycles. The number of hydrogen-bond donors (Lipinski definition) is 1. The van der Waals surface area contributed by atoms with Gasteiger partial charge in [-0.25, -0.2) is 0 Å². The first kappa shape index (κ1) is 22.6. The van der Waals surface area contributed by atoms with E-state index in [-0.39, 0.29) is 37.3 Å². The number of nitrogens with zero attached hydrogens (tertiary/aromatic N) is 1. The van der Waals surface area contributed by atoms with E-state index in [2.05, 4.69) is 21.2 Å². The second-order valence-electron chi connectivity index (χ2n) is 6.70. The quantitative estimate of drug-likeness (QED) is 0.581. The number of halogens is 1. The predicted molar refractivity (Wildman–Crippen MR) is 114 cm³/mol. The molecule has 2 aromatic rings. The normalized spacial score (nSPS) is 11.4. The molecule has 0 radical (unpaired) electrons. The highest BCUT2D eigenvalue weighted by molar-refractivity contribution is 9.10. The molecular weight excluding hydrogens is 436 g/mol. The lowest BCUT2D eigenvalue weighted by atomic mass is 10.1. The molecule has 2 aromatic carbocycles. The number of ether oxygens (including phenoxy) is 1. The molecule has 0 aromatic heterocycles. The number of methoxy groups -OCH3 is 1. The van der Waals surface area contributed by atoms with E-state index < -0.39 is 5.92 Å². The van der Waals surface area contributed by atoms with E-state index in [1.165, 1.54) is 7.11 Å². The van der Waals surface area contributed by atoms with Gasteiger partial charge < -0.3 is 15.0 Å². The van der Waals surface area contributed by atoms with Crippen LogP contribution in [0, 0.1) is 5.92 Å². The second kappa shape index (κ2) is 11.4. The lowest BCUT2D eigenvalue weighted by molar-refractivity contribution is -0.146. The van der Waals surface area contributed by atoms with Crippen LogP contribution in [0.4, 0.5) is 0 Å². The first-order valence-corrected chi connectivity index (χ1v) is 10.1. The number of benzene rings is 2. The summed E-state index contributed by atoms with van der Waals surface area (Å²) in [6, 6.07) is 16.6. The van der Waals surface area contributed by atoms with Gasteiger partial charge in [0.25, 0.3) is 5.91 Å². The Morgan fingerprint density at radius 1 is 1.07 bits per heavy atom. The van der Waals surface area contributed by atoms with E-state index in [1.54, 1.807) is 36.1 Å². The van der Waals surface area contributed by atoms with Crippen LogP contribution in [-0.2, 0) is 20.9 Å². The van der Waals surface area contributed by atoms with E-state index in [4.69, 9.17) is 4.74 Å². The summed E-state index contributed by atoms with van der Waals surface area (Å²) in [7, 11) is 1.33. The number of rotatable bonds is 9. The van der Waals surface area contributed by atoms with Gasteiger partial charge in [0, 0.05) is 36.1 Å². The van der Waals surface area contributed by atoms with Gasteiger partial charge in [0.05, 0.1) is 13.0 Å². The van der Waals surface area contributed by atoms with Crippen LogP contribution in [0.1, 0.15) is 29.3 Å². The van der Waals surface area contributed by atoms with Crippen LogP contribution in [0.5, 0.6) is 0 Å². The van der Waals surface area contributed by atoms with Gasteiger partial charge in [-0.05, 0) is 29.8 Å². The Hall–Kier alpha value is -2.67. The first-order valence-electron chi connectivity index (χ1n) is 9.34. The maximum atomic E-state index is 12.8. The van der Waals surface area contributed by atoms with E-state index in [9.17, 15) is 14.4 Å².